The lowest BCUT2D eigenvalue weighted by Gasteiger charge is -2.26. The largest absolute Gasteiger partial charge is 0.456 e. The molecule has 7 aromatic rings. The molecule has 1 heterocycles. The topological polar surface area (TPSA) is 16.4 Å². The first-order chi connectivity index (χ1) is 19.2. The number of halogens is 1. The van der Waals surface area contributed by atoms with E-state index in [9.17, 15) is 0 Å². The minimum absolute atomic E-state index is 0.896. The van der Waals surface area contributed by atoms with Crippen LogP contribution in [0.2, 0.25) is 0 Å². The van der Waals surface area contributed by atoms with E-state index in [0.29, 0.717) is 0 Å². The summed E-state index contributed by atoms with van der Waals surface area (Å²) in [5.41, 5.74) is 9.72. The minimum atomic E-state index is 0.896. The van der Waals surface area contributed by atoms with Crippen molar-refractivity contribution in [3.8, 4) is 22.3 Å². The number of hydrogen-bond donors (Lipinski definition) is 0. The van der Waals surface area contributed by atoms with E-state index in [1.165, 1.54) is 0 Å². The van der Waals surface area contributed by atoms with Crippen LogP contribution in [0.1, 0.15) is 0 Å². The van der Waals surface area contributed by atoms with Gasteiger partial charge in [0, 0.05) is 32.3 Å². The number of benzene rings is 6. The van der Waals surface area contributed by atoms with E-state index >= 15 is 0 Å². The van der Waals surface area contributed by atoms with Crippen LogP contribution in [0.25, 0.3) is 44.2 Å². The Labute approximate surface area is 235 Å². The molecule has 0 amide bonds. The molecule has 0 spiro atoms. The first kappa shape index (κ1) is 23.5. The fourth-order valence-electron chi connectivity index (χ4n) is 5.31. The zero-order valence-electron chi connectivity index (χ0n) is 21.1. The van der Waals surface area contributed by atoms with Gasteiger partial charge in [0.15, 0.2) is 0 Å². The second kappa shape index (κ2) is 9.94. The van der Waals surface area contributed by atoms with Gasteiger partial charge < -0.3 is 9.32 Å². The van der Waals surface area contributed by atoms with Crippen LogP contribution in [0.15, 0.2) is 154 Å². The Hall–Kier alpha value is -4.60. The fraction of sp³-hybridized carbons (Fsp3) is 0. The maximum Gasteiger partial charge on any atom is 0.136 e. The number of nitrogens with zero attached hydrogens (tertiary/aromatic N) is 1. The summed E-state index contributed by atoms with van der Waals surface area (Å²) >= 11 is 3.71. The van der Waals surface area contributed by atoms with E-state index in [2.05, 4.69) is 154 Å². The van der Waals surface area contributed by atoms with E-state index in [0.717, 1.165) is 65.7 Å². The summed E-state index contributed by atoms with van der Waals surface area (Å²) in [6.07, 6.45) is 0. The first-order valence-electron chi connectivity index (χ1n) is 13.0. The summed E-state index contributed by atoms with van der Waals surface area (Å²) in [5, 5.41) is 2.28. The van der Waals surface area contributed by atoms with Crippen molar-refractivity contribution < 1.29 is 4.42 Å². The third kappa shape index (κ3) is 4.41. The number of fused-ring (bicyclic) bond motifs is 3. The highest BCUT2D eigenvalue weighted by Gasteiger charge is 2.16. The van der Waals surface area contributed by atoms with E-state index in [1.807, 2.05) is 12.1 Å². The summed E-state index contributed by atoms with van der Waals surface area (Å²) in [6.45, 7) is 0. The van der Waals surface area contributed by atoms with Crippen molar-refractivity contribution in [2.75, 3.05) is 4.90 Å². The van der Waals surface area contributed by atoms with E-state index in [4.69, 9.17) is 4.42 Å². The molecule has 0 aliphatic rings. The second-order valence-electron chi connectivity index (χ2n) is 9.56. The Bertz CT molecular complexity index is 1890. The summed E-state index contributed by atoms with van der Waals surface area (Å²) in [6, 6.07) is 51.0. The van der Waals surface area contributed by atoms with Crippen LogP contribution in [0.4, 0.5) is 17.1 Å². The average Bonchev–Trinajstić information content (AvgIpc) is 3.36. The number of para-hydroxylation sites is 3. The average molecular weight is 566 g/mol. The molecule has 1 aromatic heterocycles. The maximum absolute atomic E-state index is 6.22. The molecule has 39 heavy (non-hydrogen) atoms. The number of anilines is 3. The van der Waals surface area contributed by atoms with Gasteiger partial charge in [0.1, 0.15) is 11.2 Å². The minimum Gasteiger partial charge on any atom is -0.456 e. The molecule has 186 valence electrons. The lowest BCUT2D eigenvalue weighted by molar-refractivity contribution is 0.669. The summed E-state index contributed by atoms with van der Waals surface area (Å²) in [7, 11) is 0. The van der Waals surface area contributed by atoms with E-state index in [-0.39, 0.29) is 0 Å². The quantitative estimate of drug-likeness (QED) is 0.206. The van der Waals surface area contributed by atoms with Crippen molar-refractivity contribution in [1.29, 1.82) is 0 Å². The van der Waals surface area contributed by atoms with Crippen molar-refractivity contribution in [1.82, 2.24) is 0 Å². The number of hydrogen-bond acceptors (Lipinski definition) is 2. The molecular weight excluding hydrogens is 542 g/mol. The molecule has 0 atom stereocenters. The predicted octanol–water partition coefficient (Wildman–Crippen LogP) is 11.2. The summed E-state index contributed by atoms with van der Waals surface area (Å²) in [5.74, 6) is 0. The molecule has 2 nitrogen and oxygen atoms in total. The molecular formula is C36H24BrNO. The van der Waals surface area contributed by atoms with E-state index in [1.54, 1.807) is 0 Å². The molecule has 3 heteroatoms. The van der Waals surface area contributed by atoms with Gasteiger partial charge in [-0.15, -0.1) is 0 Å². The van der Waals surface area contributed by atoms with Gasteiger partial charge in [-0.05, 0) is 89.0 Å². The molecule has 6 aromatic carbocycles. The van der Waals surface area contributed by atoms with Crippen molar-refractivity contribution in [3.05, 3.63) is 150 Å². The van der Waals surface area contributed by atoms with Crippen molar-refractivity contribution in [2.24, 2.45) is 0 Å². The molecule has 0 fully saturated rings. The van der Waals surface area contributed by atoms with Crippen LogP contribution < -0.4 is 4.90 Å². The van der Waals surface area contributed by atoms with Crippen LogP contribution in [-0.4, -0.2) is 0 Å². The number of rotatable bonds is 5. The van der Waals surface area contributed by atoms with Crippen LogP contribution in [0.3, 0.4) is 0 Å². The van der Waals surface area contributed by atoms with Gasteiger partial charge in [0.2, 0.25) is 0 Å². The Morgan fingerprint density at radius 3 is 1.85 bits per heavy atom. The summed E-state index contributed by atoms with van der Waals surface area (Å²) in [4.78, 5) is 2.29. The lowest BCUT2D eigenvalue weighted by atomic mass is 9.93. The molecule has 0 bridgehead atoms. The van der Waals surface area contributed by atoms with Crippen LogP contribution in [0, 0.1) is 0 Å². The van der Waals surface area contributed by atoms with Crippen LogP contribution >= 0.6 is 15.9 Å². The normalized spacial score (nSPS) is 11.2. The Morgan fingerprint density at radius 2 is 1.08 bits per heavy atom. The standard InChI is InChI=1S/C36H24BrNO/c37-27-19-21-31(34(24-27)26-18-20-33-32-16-7-8-17-35(32)39-36(33)23-26)25-10-9-15-30(22-25)38(28-11-3-1-4-12-28)29-13-5-2-6-14-29/h1-24H. The highest BCUT2D eigenvalue weighted by Crippen LogP contribution is 2.40. The second-order valence-corrected chi connectivity index (χ2v) is 10.5. The first-order valence-corrected chi connectivity index (χ1v) is 13.8. The van der Waals surface area contributed by atoms with Gasteiger partial charge in [-0.2, -0.15) is 0 Å². The monoisotopic (exact) mass is 565 g/mol. The molecule has 0 saturated carbocycles. The van der Waals surface area contributed by atoms with E-state index < -0.39 is 0 Å². The Morgan fingerprint density at radius 1 is 0.436 bits per heavy atom. The molecule has 7 rings (SSSR count). The number of furan rings is 1. The predicted molar refractivity (Wildman–Crippen MR) is 167 cm³/mol. The SMILES string of the molecule is Brc1ccc(-c2cccc(N(c3ccccc3)c3ccccc3)c2)c(-c2ccc3c(c2)oc2ccccc23)c1. The van der Waals surface area contributed by atoms with Gasteiger partial charge in [-0.3, -0.25) is 0 Å². The Kier molecular flexibility index (Phi) is 5.99. The Balaban J connectivity index is 1.37. The van der Waals surface area contributed by atoms with Crippen LogP contribution in [-0.2, 0) is 0 Å². The molecule has 0 aliphatic heterocycles. The van der Waals surface area contributed by atoms with Gasteiger partial charge in [0.25, 0.3) is 0 Å². The van der Waals surface area contributed by atoms with Gasteiger partial charge in [-0.1, -0.05) is 94.8 Å². The molecule has 0 saturated heterocycles. The molecule has 0 radical (unpaired) electrons. The van der Waals surface area contributed by atoms with Crippen molar-refractivity contribution in [2.45, 2.75) is 0 Å². The van der Waals surface area contributed by atoms with Gasteiger partial charge >= 0.3 is 0 Å². The van der Waals surface area contributed by atoms with Crippen molar-refractivity contribution in [3.63, 3.8) is 0 Å². The third-order valence-electron chi connectivity index (χ3n) is 7.12. The zero-order chi connectivity index (χ0) is 26.2. The summed E-state index contributed by atoms with van der Waals surface area (Å²) < 4.78 is 7.26. The zero-order valence-corrected chi connectivity index (χ0v) is 22.7. The fourth-order valence-corrected chi connectivity index (χ4v) is 5.68. The maximum atomic E-state index is 6.22. The lowest BCUT2D eigenvalue weighted by Crippen LogP contribution is -2.09. The van der Waals surface area contributed by atoms with Gasteiger partial charge in [0.05, 0.1) is 0 Å². The molecule has 0 unspecified atom stereocenters. The van der Waals surface area contributed by atoms with Crippen molar-refractivity contribution >= 4 is 54.9 Å². The highest BCUT2D eigenvalue weighted by molar-refractivity contribution is 9.10. The third-order valence-corrected chi connectivity index (χ3v) is 7.61. The highest BCUT2D eigenvalue weighted by atomic mass is 79.9. The molecule has 0 N–H and O–H groups in total. The smallest absolute Gasteiger partial charge is 0.136 e. The van der Waals surface area contributed by atoms with Crippen LogP contribution in [0.5, 0.6) is 0 Å². The molecule has 0 aliphatic carbocycles. The van der Waals surface area contributed by atoms with Gasteiger partial charge in [-0.25, -0.2) is 0 Å².